The Morgan fingerprint density at radius 3 is 0.602 bits per heavy atom. The standard InChI is InChI=1S/C77H148O6/c1-4-7-10-13-16-19-22-25-28-30-32-34-36-38-40-42-44-46-49-52-55-58-61-64-67-70-76(79)82-73-74(72-81-75(78)69-66-63-60-57-54-51-48-27-24-21-18-15-12-9-6-3)83-77(80)71-68-65-62-59-56-53-50-47-45-43-41-39-37-35-33-31-29-26-23-20-17-14-11-8-5-2/h27,48,74H,4-26,28-47,49-73H2,1-3H3/b48-27-. The Labute approximate surface area is 520 Å². The Kier molecular flexibility index (Phi) is 71.0. The molecule has 0 aliphatic carbocycles. The summed E-state index contributed by atoms with van der Waals surface area (Å²) in [6.45, 7) is 6.73. The maximum atomic E-state index is 13.0. The van der Waals surface area contributed by atoms with Gasteiger partial charge in [-0.05, 0) is 44.9 Å². The van der Waals surface area contributed by atoms with Crippen LogP contribution >= 0.6 is 0 Å². The lowest BCUT2D eigenvalue weighted by atomic mass is 10.0. The van der Waals surface area contributed by atoms with Crippen molar-refractivity contribution in [3.05, 3.63) is 12.2 Å². The molecule has 0 spiro atoms. The molecule has 492 valence electrons. The van der Waals surface area contributed by atoms with Gasteiger partial charge in [0.05, 0.1) is 0 Å². The van der Waals surface area contributed by atoms with Crippen LogP contribution in [0.1, 0.15) is 445 Å². The number of hydrogen-bond acceptors (Lipinski definition) is 6. The van der Waals surface area contributed by atoms with Crippen LogP contribution in [0.4, 0.5) is 0 Å². The maximum Gasteiger partial charge on any atom is 0.306 e. The molecule has 0 amide bonds. The van der Waals surface area contributed by atoms with Crippen LogP contribution in [0.5, 0.6) is 0 Å². The molecule has 0 radical (unpaired) electrons. The monoisotopic (exact) mass is 1170 g/mol. The Morgan fingerprint density at radius 1 is 0.229 bits per heavy atom. The molecule has 6 nitrogen and oxygen atoms in total. The van der Waals surface area contributed by atoms with Crippen LogP contribution in [-0.4, -0.2) is 37.2 Å². The van der Waals surface area contributed by atoms with E-state index >= 15 is 0 Å². The van der Waals surface area contributed by atoms with Crippen molar-refractivity contribution in [2.24, 2.45) is 0 Å². The molecular weight excluding hydrogens is 1020 g/mol. The number of allylic oxidation sites excluding steroid dienone is 2. The molecule has 83 heavy (non-hydrogen) atoms. The highest BCUT2D eigenvalue weighted by Gasteiger charge is 2.20. The summed E-state index contributed by atoms with van der Waals surface area (Å²) in [4.78, 5) is 38.5. The van der Waals surface area contributed by atoms with Crippen molar-refractivity contribution < 1.29 is 28.6 Å². The molecule has 0 aliphatic rings. The molecule has 0 aromatic carbocycles. The zero-order chi connectivity index (χ0) is 59.9. The van der Waals surface area contributed by atoms with Gasteiger partial charge in [-0.1, -0.05) is 392 Å². The molecular formula is C77H148O6. The van der Waals surface area contributed by atoms with E-state index in [2.05, 4.69) is 32.9 Å². The third-order valence-electron chi connectivity index (χ3n) is 17.8. The topological polar surface area (TPSA) is 78.9 Å². The van der Waals surface area contributed by atoms with E-state index in [1.54, 1.807) is 0 Å². The first-order valence-corrected chi connectivity index (χ1v) is 38.2. The summed E-state index contributed by atoms with van der Waals surface area (Å²) in [5, 5.41) is 0. The summed E-state index contributed by atoms with van der Waals surface area (Å²) in [6.07, 6.45) is 88.4. The van der Waals surface area contributed by atoms with Crippen LogP contribution in [0.3, 0.4) is 0 Å². The van der Waals surface area contributed by atoms with E-state index in [1.807, 2.05) is 0 Å². The van der Waals surface area contributed by atoms with Crippen molar-refractivity contribution in [3.63, 3.8) is 0 Å². The number of carbonyl (C=O) groups is 3. The first kappa shape index (κ1) is 81.2. The van der Waals surface area contributed by atoms with Crippen molar-refractivity contribution in [3.8, 4) is 0 Å². The van der Waals surface area contributed by atoms with Gasteiger partial charge in [-0.2, -0.15) is 0 Å². The minimum Gasteiger partial charge on any atom is -0.462 e. The minimum absolute atomic E-state index is 0.0653. The Hall–Kier alpha value is -1.85. The second-order valence-electron chi connectivity index (χ2n) is 26.3. The van der Waals surface area contributed by atoms with Gasteiger partial charge in [0.25, 0.3) is 0 Å². The highest BCUT2D eigenvalue weighted by Crippen LogP contribution is 2.20. The second kappa shape index (κ2) is 72.6. The fourth-order valence-electron chi connectivity index (χ4n) is 12.0. The van der Waals surface area contributed by atoms with Gasteiger partial charge in [-0.25, -0.2) is 0 Å². The van der Waals surface area contributed by atoms with Gasteiger partial charge >= 0.3 is 17.9 Å². The van der Waals surface area contributed by atoms with E-state index in [1.165, 1.54) is 340 Å². The predicted molar refractivity (Wildman–Crippen MR) is 363 cm³/mol. The lowest BCUT2D eigenvalue weighted by Crippen LogP contribution is -2.30. The number of rotatable bonds is 72. The largest absolute Gasteiger partial charge is 0.462 e. The summed E-state index contributed by atoms with van der Waals surface area (Å²) in [7, 11) is 0. The Morgan fingerprint density at radius 2 is 0.398 bits per heavy atom. The van der Waals surface area contributed by atoms with Gasteiger partial charge in [0, 0.05) is 19.3 Å². The van der Waals surface area contributed by atoms with E-state index in [-0.39, 0.29) is 31.1 Å². The van der Waals surface area contributed by atoms with Crippen LogP contribution < -0.4 is 0 Å². The average molecular weight is 1170 g/mol. The fraction of sp³-hybridized carbons (Fsp3) is 0.935. The summed E-state index contributed by atoms with van der Waals surface area (Å²) in [6, 6.07) is 0. The average Bonchev–Trinajstić information content (AvgIpc) is 3.49. The zero-order valence-electron chi connectivity index (χ0n) is 56.8. The lowest BCUT2D eigenvalue weighted by molar-refractivity contribution is -0.167. The van der Waals surface area contributed by atoms with Crippen LogP contribution in [0.25, 0.3) is 0 Å². The van der Waals surface area contributed by atoms with E-state index < -0.39 is 6.10 Å². The van der Waals surface area contributed by atoms with Gasteiger partial charge in [-0.15, -0.1) is 0 Å². The number of ether oxygens (including phenoxy) is 3. The number of esters is 3. The van der Waals surface area contributed by atoms with E-state index in [9.17, 15) is 14.4 Å². The summed E-state index contributed by atoms with van der Waals surface area (Å²) in [5.41, 5.74) is 0. The van der Waals surface area contributed by atoms with Crippen LogP contribution in [-0.2, 0) is 28.6 Å². The van der Waals surface area contributed by atoms with Gasteiger partial charge in [-0.3, -0.25) is 14.4 Å². The third kappa shape index (κ3) is 70.8. The third-order valence-corrected chi connectivity index (χ3v) is 17.8. The lowest BCUT2D eigenvalue weighted by Gasteiger charge is -2.18. The van der Waals surface area contributed by atoms with Gasteiger partial charge < -0.3 is 14.2 Å². The molecule has 0 aromatic rings. The van der Waals surface area contributed by atoms with Crippen LogP contribution in [0.2, 0.25) is 0 Å². The van der Waals surface area contributed by atoms with Crippen LogP contribution in [0, 0.1) is 0 Å². The number of carbonyl (C=O) groups excluding carboxylic acids is 3. The molecule has 0 rings (SSSR count). The summed E-state index contributed by atoms with van der Waals surface area (Å²) >= 11 is 0. The summed E-state index contributed by atoms with van der Waals surface area (Å²) < 4.78 is 17.0. The Balaban J connectivity index is 4.21. The molecule has 0 aliphatic heterocycles. The number of unbranched alkanes of at least 4 members (excludes halogenated alkanes) is 59. The predicted octanol–water partition coefficient (Wildman–Crippen LogP) is 26.3. The van der Waals surface area contributed by atoms with Gasteiger partial charge in [0.2, 0.25) is 0 Å². The molecule has 0 N–H and O–H groups in total. The van der Waals surface area contributed by atoms with Crippen molar-refractivity contribution in [1.29, 1.82) is 0 Å². The van der Waals surface area contributed by atoms with E-state index in [0.29, 0.717) is 19.3 Å². The molecule has 0 aromatic heterocycles. The van der Waals surface area contributed by atoms with E-state index in [0.717, 1.165) is 64.2 Å². The molecule has 0 saturated carbocycles. The highest BCUT2D eigenvalue weighted by molar-refractivity contribution is 5.71. The molecule has 6 heteroatoms. The molecule has 0 saturated heterocycles. The summed E-state index contributed by atoms with van der Waals surface area (Å²) in [5.74, 6) is -0.834. The fourth-order valence-corrected chi connectivity index (χ4v) is 12.0. The first-order chi connectivity index (χ1) is 41.0. The first-order valence-electron chi connectivity index (χ1n) is 38.2. The van der Waals surface area contributed by atoms with Gasteiger partial charge in [0.1, 0.15) is 13.2 Å². The van der Waals surface area contributed by atoms with E-state index in [4.69, 9.17) is 14.2 Å². The maximum absolute atomic E-state index is 13.0. The molecule has 0 bridgehead atoms. The molecule has 1 unspecified atom stereocenters. The zero-order valence-corrected chi connectivity index (χ0v) is 56.8. The van der Waals surface area contributed by atoms with Crippen molar-refractivity contribution in [2.45, 2.75) is 451 Å². The smallest absolute Gasteiger partial charge is 0.306 e. The molecule has 1 atom stereocenters. The van der Waals surface area contributed by atoms with Gasteiger partial charge in [0.15, 0.2) is 6.10 Å². The van der Waals surface area contributed by atoms with Crippen molar-refractivity contribution in [1.82, 2.24) is 0 Å². The molecule has 0 fully saturated rings. The second-order valence-corrected chi connectivity index (χ2v) is 26.3. The number of hydrogen-bond donors (Lipinski definition) is 0. The highest BCUT2D eigenvalue weighted by atomic mass is 16.6. The SMILES string of the molecule is CCCCCCCC/C=C\CCCCCCCC(=O)OCC(COC(=O)CCCCCCCCCCCCCCCCCCCCCCCCCCC)OC(=O)CCCCCCCCCCCCCCCCCCCCCCCCCCC. The Bertz CT molecular complexity index is 1300. The molecule has 0 heterocycles. The van der Waals surface area contributed by atoms with Crippen molar-refractivity contribution >= 4 is 17.9 Å². The minimum atomic E-state index is -0.771. The normalized spacial score (nSPS) is 12.0. The quantitative estimate of drug-likeness (QED) is 0.0261. The van der Waals surface area contributed by atoms with Crippen LogP contribution in [0.15, 0.2) is 12.2 Å². The van der Waals surface area contributed by atoms with Crippen molar-refractivity contribution in [2.75, 3.05) is 13.2 Å².